The predicted octanol–water partition coefficient (Wildman–Crippen LogP) is 2.48. The van der Waals surface area contributed by atoms with Crippen LogP contribution in [0.4, 0.5) is 0 Å². The number of nitrogens with one attached hydrogen (secondary N) is 1. The van der Waals surface area contributed by atoms with Gasteiger partial charge in [0.2, 0.25) is 5.91 Å². The van der Waals surface area contributed by atoms with E-state index in [4.69, 9.17) is 9.84 Å². The van der Waals surface area contributed by atoms with Crippen molar-refractivity contribution < 1.29 is 19.4 Å². The highest BCUT2D eigenvalue weighted by Crippen LogP contribution is 2.23. The first kappa shape index (κ1) is 18.2. The summed E-state index contributed by atoms with van der Waals surface area (Å²) in [4.78, 5) is 23.2. The highest BCUT2D eigenvalue weighted by Gasteiger charge is 2.21. The molecule has 2 unspecified atom stereocenters. The van der Waals surface area contributed by atoms with Crippen LogP contribution in [0.25, 0.3) is 0 Å². The van der Waals surface area contributed by atoms with Gasteiger partial charge in [-0.05, 0) is 24.8 Å². The second-order valence-corrected chi connectivity index (χ2v) is 5.46. The molecular weight excluding hydrogens is 282 g/mol. The molecule has 0 aliphatic rings. The molecule has 1 aromatic rings. The van der Waals surface area contributed by atoms with Crippen molar-refractivity contribution in [2.75, 3.05) is 13.7 Å². The van der Waals surface area contributed by atoms with Crippen LogP contribution < -0.4 is 5.32 Å². The number of carboxylic acid groups (broad SMARTS) is 1. The Bertz CT molecular complexity index is 484. The Morgan fingerprint density at radius 2 is 1.91 bits per heavy atom. The van der Waals surface area contributed by atoms with Crippen molar-refractivity contribution in [1.82, 2.24) is 5.32 Å². The second-order valence-electron chi connectivity index (χ2n) is 5.46. The summed E-state index contributed by atoms with van der Waals surface area (Å²) in [5, 5.41) is 11.7. The Labute approximate surface area is 131 Å². The summed E-state index contributed by atoms with van der Waals surface area (Å²) in [5.74, 6) is -1.18. The van der Waals surface area contributed by atoms with Gasteiger partial charge in [0.1, 0.15) is 6.04 Å². The Morgan fingerprint density at radius 1 is 1.27 bits per heavy atom. The standard InChI is InChI=1S/C17H25NO4/c1-4-13(14-7-5-12(2)6-8-14)11-16(19)18-15(17(20)21)9-10-22-3/h5-8,13,15H,4,9-11H2,1-3H3,(H,18,19)(H,20,21). The van der Waals surface area contributed by atoms with E-state index < -0.39 is 12.0 Å². The molecule has 2 N–H and O–H groups in total. The van der Waals surface area contributed by atoms with Crippen LogP contribution in [0, 0.1) is 6.92 Å². The van der Waals surface area contributed by atoms with Crippen molar-refractivity contribution in [2.45, 2.75) is 45.1 Å². The van der Waals surface area contributed by atoms with E-state index in [1.165, 1.54) is 12.7 Å². The number of benzene rings is 1. The second kappa shape index (κ2) is 9.20. The molecule has 0 bridgehead atoms. The van der Waals surface area contributed by atoms with Crippen molar-refractivity contribution in [1.29, 1.82) is 0 Å². The Kier molecular flexibility index (Phi) is 7.60. The lowest BCUT2D eigenvalue weighted by Gasteiger charge is -2.18. The lowest BCUT2D eigenvalue weighted by atomic mass is 9.92. The van der Waals surface area contributed by atoms with Crippen molar-refractivity contribution in [3.8, 4) is 0 Å². The molecular formula is C17H25NO4. The zero-order valence-electron chi connectivity index (χ0n) is 13.5. The zero-order valence-corrected chi connectivity index (χ0v) is 13.5. The summed E-state index contributed by atoms with van der Waals surface area (Å²) >= 11 is 0. The Balaban J connectivity index is 2.63. The highest BCUT2D eigenvalue weighted by molar-refractivity contribution is 5.83. The molecule has 0 saturated heterocycles. The normalized spacial score (nSPS) is 13.4. The van der Waals surface area contributed by atoms with Gasteiger partial charge in [-0.2, -0.15) is 0 Å². The van der Waals surface area contributed by atoms with Crippen LogP contribution >= 0.6 is 0 Å². The van der Waals surface area contributed by atoms with Gasteiger partial charge in [0.05, 0.1) is 0 Å². The van der Waals surface area contributed by atoms with Gasteiger partial charge in [-0.15, -0.1) is 0 Å². The van der Waals surface area contributed by atoms with Crippen LogP contribution in [0.1, 0.15) is 43.2 Å². The number of hydrogen-bond acceptors (Lipinski definition) is 3. The molecule has 0 fully saturated rings. The summed E-state index contributed by atoms with van der Waals surface area (Å²) in [7, 11) is 1.51. The fraction of sp³-hybridized carbons (Fsp3) is 0.529. The first-order chi connectivity index (χ1) is 10.5. The number of methoxy groups -OCH3 is 1. The van der Waals surface area contributed by atoms with Crippen LogP contribution in [-0.2, 0) is 14.3 Å². The van der Waals surface area contributed by atoms with Gasteiger partial charge < -0.3 is 15.2 Å². The minimum Gasteiger partial charge on any atom is -0.480 e. The molecule has 22 heavy (non-hydrogen) atoms. The fourth-order valence-corrected chi connectivity index (χ4v) is 2.31. The average molecular weight is 307 g/mol. The molecule has 122 valence electrons. The summed E-state index contributed by atoms with van der Waals surface area (Å²) in [6.45, 7) is 4.34. The Hall–Kier alpha value is -1.88. The first-order valence-corrected chi connectivity index (χ1v) is 7.55. The van der Waals surface area contributed by atoms with Gasteiger partial charge in [0, 0.05) is 26.6 Å². The molecule has 5 nitrogen and oxygen atoms in total. The van der Waals surface area contributed by atoms with Gasteiger partial charge >= 0.3 is 5.97 Å². The molecule has 0 radical (unpaired) electrons. The van der Waals surface area contributed by atoms with E-state index in [2.05, 4.69) is 5.32 Å². The van der Waals surface area contributed by atoms with Crippen LogP contribution in [0.2, 0.25) is 0 Å². The highest BCUT2D eigenvalue weighted by atomic mass is 16.5. The monoisotopic (exact) mass is 307 g/mol. The van der Waals surface area contributed by atoms with Crippen molar-refractivity contribution >= 4 is 11.9 Å². The van der Waals surface area contributed by atoms with E-state index in [1.54, 1.807) is 0 Å². The molecule has 0 aromatic heterocycles. The van der Waals surface area contributed by atoms with Gasteiger partial charge in [-0.25, -0.2) is 4.79 Å². The maximum Gasteiger partial charge on any atom is 0.326 e. The Morgan fingerprint density at radius 3 is 2.41 bits per heavy atom. The molecule has 5 heteroatoms. The number of carboxylic acids is 1. The van der Waals surface area contributed by atoms with Crippen molar-refractivity contribution in [3.63, 3.8) is 0 Å². The molecule has 2 atom stereocenters. The largest absolute Gasteiger partial charge is 0.480 e. The maximum absolute atomic E-state index is 12.1. The number of hydrogen-bond donors (Lipinski definition) is 2. The number of aryl methyl sites for hydroxylation is 1. The molecule has 1 aromatic carbocycles. The van der Waals surface area contributed by atoms with E-state index >= 15 is 0 Å². The number of carbonyl (C=O) groups is 2. The average Bonchev–Trinajstić information content (AvgIpc) is 2.49. The summed E-state index contributed by atoms with van der Waals surface area (Å²) in [6, 6.07) is 7.19. The van der Waals surface area contributed by atoms with Crippen molar-refractivity contribution in [3.05, 3.63) is 35.4 Å². The van der Waals surface area contributed by atoms with E-state index in [-0.39, 0.29) is 24.7 Å². The molecule has 0 aliphatic heterocycles. The maximum atomic E-state index is 12.1. The molecule has 1 rings (SSSR count). The number of amides is 1. The summed E-state index contributed by atoms with van der Waals surface area (Å²) < 4.78 is 4.87. The van der Waals surface area contributed by atoms with Crippen LogP contribution in [0.5, 0.6) is 0 Å². The minimum absolute atomic E-state index is 0.0949. The summed E-state index contributed by atoms with van der Waals surface area (Å²) in [5.41, 5.74) is 2.28. The van der Waals surface area contributed by atoms with E-state index in [0.717, 1.165) is 12.0 Å². The van der Waals surface area contributed by atoms with Gasteiger partial charge in [-0.1, -0.05) is 36.8 Å². The third-order valence-electron chi connectivity index (χ3n) is 3.72. The SMILES string of the molecule is CCC(CC(=O)NC(CCOC)C(=O)O)c1ccc(C)cc1. The third kappa shape index (κ3) is 5.85. The van der Waals surface area contributed by atoms with Gasteiger partial charge in [-0.3, -0.25) is 4.79 Å². The van der Waals surface area contributed by atoms with Crippen LogP contribution in [0.3, 0.4) is 0 Å². The quantitative estimate of drug-likeness (QED) is 0.735. The lowest BCUT2D eigenvalue weighted by Crippen LogP contribution is -2.41. The molecule has 0 saturated carbocycles. The third-order valence-corrected chi connectivity index (χ3v) is 3.72. The topological polar surface area (TPSA) is 75.6 Å². The van der Waals surface area contributed by atoms with Gasteiger partial charge in [0.25, 0.3) is 0 Å². The minimum atomic E-state index is -1.03. The molecule has 0 heterocycles. The zero-order chi connectivity index (χ0) is 16.5. The number of ether oxygens (including phenoxy) is 1. The van der Waals surface area contributed by atoms with E-state index in [1.807, 2.05) is 38.1 Å². The molecule has 1 amide bonds. The summed E-state index contributed by atoms with van der Waals surface area (Å²) in [6.07, 6.45) is 1.38. The number of carbonyl (C=O) groups excluding carboxylic acids is 1. The van der Waals surface area contributed by atoms with E-state index in [9.17, 15) is 9.59 Å². The molecule has 0 spiro atoms. The molecule has 0 aliphatic carbocycles. The number of rotatable bonds is 9. The van der Waals surface area contributed by atoms with Crippen LogP contribution in [-0.4, -0.2) is 36.7 Å². The van der Waals surface area contributed by atoms with Crippen LogP contribution in [0.15, 0.2) is 24.3 Å². The first-order valence-electron chi connectivity index (χ1n) is 7.55. The predicted molar refractivity (Wildman–Crippen MR) is 84.9 cm³/mol. The number of aliphatic carboxylic acids is 1. The fourth-order valence-electron chi connectivity index (χ4n) is 2.31. The van der Waals surface area contributed by atoms with Crippen molar-refractivity contribution in [2.24, 2.45) is 0 Å². The van der Waals surface area contributed by atoms with E-state index in [0.29, 0.717) is 6.61 Å². The van der Waals surface area contributed by atoms with Gasteiger partial charge in [0.15, 0.2) is 0 Å². The smallest absolute Gasteiger partial charge is 0.326 e. The lowest BCUT2D eigenvalue weighted by molar-refractivity contribution is -0.142.